The molecule has 1 aromatic rings. The summed E-state index contributed by atoms with van der Waals surface area (Å²) in [6.07, 6.45) is 1.74. The van der Waals surface area contributed by atoms with E-state index in [1.54, 1.807) is 24.0 Å². The molecule has 0 bridgehead atoms. The van der Waals surface area contributed by atoms with Crippen molar-refractivity contribution in [3.05, 3.63) is 24.2 Å². The van der Waals surface area contributed by atoms with Gasteiger partial charge in [-0.3, -0.25) is 14.4 Å². The van der Waals surface area contributed by atoms with Crippen molar-refractivity contribution in [3.63, 3.8) is 0 Å². The fraction of sp³-hybridized carbons (Fsp3) is 0.562. The topological polar surface area (TPSA) is 103 Å². The molecule has 1 aliphatic rings. The van der Waals surface area contributed by atoms with Crippen LogP contribution in [0.15, 0.2) is 22.8 Å². The summed E-state index contributed by atoms with van der Waals surface area (Å²) >= 11 is 0. The summed E-state index contributed by atoms with van der Waals surface area (Å²) < 4.78 is 5.17. The number of nitrogens with one attached hydrogen (secondary N) is 1. The zero-order chi connectivity index (χ0) is 17.7. The molecule has 132 valence electrons. The predicted molar refractivity (Wildman–Crippen MR) is 84.9 cm³/mol. The normalized spacial score (nSPS) is 17.3. The minimum Gasteiger partial charge on any atom is -0.469 e. The summed E-state index contributed by atoms with van der Waals surface area (Å²) in [6.45, 7) is 4.47. The molecule has 1 aromatic heterocycles. The lowest BCUT2D eigenvalue weighted by Crippen LogP contribution is -2.54. The molecule has 3 amide bonds. The molecule has 1 atom stereocenters. The molecule has 24 heavy (non-hydrogen) atoms. The number of piperazine rings is 1. The van der Waals surface area contributed by atoms with Crippen molar-refractivity contribution in [2.45, 2.75) is 25.9 Å². The van der Waals surface area contributed by atoms with Gasteiger partial charge in [0, 0.05) is 46.1 Å². The molecule has 8 nitrogen and oxygen atoms in total. The number of nitrogens with zero attached hydrogens (tertiary/aromatic N) is 2. The van der Waals surface area contributed by atoms with E-state index in [0.29, 0.717) is 31.9 Å². The van der Waals surface area contributed by atoms with Gasteiger partial charge >= 0.3 is 11.8 Å². The van der Waals surface area contributed by atoms with Crippen LogP contribution in [0.5, 0.6) is 0 Å². The lowest BCUT2D eigenvalue weighted by Gasteiger charge is -2.34. The summed E-state index contributed by atoms with van der Waals surface area (Å²) in [5.74, 6) is -0.848. The Labute approximate surface area is 140 Å². The quantitative estimate of drug-likeness (QED) is 0.713. The molecule has 1 unspecified atom stereocenters. The second-order valence-corrected chi connectivity index (χ2v) is 6.23. The molecular weight excluding hydrogens is 314 g/mol. The van der Waals surface area contributed by atoms with Crippen LogP contribution in [0.2, 0.25) is 0 Å². The summed E-state index contributed by atoms with van der Waals surface area (Å²) in [6, 6.07) is 3.45. The fourth-order valence-electron chi connectivity index (χ4n) is 2.57. The summed E-state index contributed by atoms with van der Waals surface area (Å²) in [5.41, 5.74) is -1.22. The van der Waals surface area contributed by atoms with Crippen molar-refractivity contribution in [2.24, 2.45) is 0 Å². The largest absolute Gasteiger partial charge is 0.469 e. The van der Waals surface area contributed by atoms with Gasteiger partial charge in [-0.05, 0) is 19.1 Å². The summed E-state index contributed by atoms with van der Waals surface area (Å²) in [4.78, 5) is 38.4. The number of hydrogen-bond acceptors (Lipinski definition) is 5. The molecule has 0 aromatic carbocycles. The first kappa shape index (κ1) is 18.0. The van der Waals surface area contributed by atoms with E-state index in [0.717, 1.165) is 0 Å². The van der Waals surface area contributed by atoms with Gasteiger partial charge in [0.15, 0.2) is 0 Å². The second kappa shape index (κ2) is 7.48. The Kier molecular flexibility index (Phi) is 5.61. The van der Waals surface area contributed by atoms with Crippen LogP contribution in [0.25, 0.3) is 0 Å². The molecule has 0 radical (unpaired) electrons. The van der Waals surface area contributed by atoms with Crippen LogP contribution in [0.1, 0.15) is 19.6 Å². The smallest absolute Gasteiger partial charge is 0.312 e. The van der Waals surface area contributed by atoms with E-state index < -0.39 is 17.4 Å². The highest BCUT2D eigenvalue weighted by molar-refractivity contribution is 6.35. The zero-order valence-corrected chi connectivity index (χ0v) is 13.9. The van der Waals surface area contributed by atoms with E-state index in [9.17, 15) is 19.5 Å². The van der Waals surface area contributed by atoms with E-state index in [1.807, 2.05) is 0 Å². The lowest BCUT2D eigenvalue weighted by atomic mass is 10.0. The number of aliphatic hydroxyl groups is 1. The zero-order valence-electron chi connectivity index (χ0n) is 13.9. The Morgan fingerprint density at radius 1 is 1.25 bits per heavy atom. The number of carbonyl (C=O) groups excluding carboxylic acids is 3. The van der Waals surface area contributed by atoms with Crippen LogP contribution >= 0.6 is 0 Å². The lowest BCUT2D eigenvalue weighted by molar-refractivity contribution is -0.148. The van der Waals surface area contributed by atoms with Crippen molar-refractivity contribution >= 4 is 17.7 Å². The van der Waals surface area contributed by atoms with Gasteiger partial charge in [0.1, 0.15) is 5.76 Å². The number of hydrogen-bond donors (Lipinski definition) is 2. The first-order chi connectivity index (χ1) is 11.3. The predicted octanol–water partition coefficient (Wildman–Crippen LogP) is -0.620. The van der Waals surface area contributed by atoms with Crippen LogP contribution < -0.4 is 5.32 Å². The summed E-state index contributed by atoms with van der Waals surface area (Å²) in [5, 5.41) is 12.7. The maximum Gasteiger partial charge on any atom is 0.312 e. The minimum absolute atomic E-state index is 0.0412. The van der Waals surface area contributed by atoms with Crippen LogP contribution in [-0.2, 0) is 20.8 Å². The standard InChI is InChI=1S/C16H23N3O5/c1-12(20)18-5-7-19(8-6-18)15(22)14(21)17-11-16(2,23)10-13-4-3-9-24-13/h3-4,9,23H,5-8,10-11H2,1-2H3,(H,17,21). The number of carbonyl (C=O) groups is 3. The third-order valence-electron chi connectivity index (χ3n) is 3.97. The molecule has 2 heterocycles. The Balaban J connectivity index is 1.79. The summed E-state index contributed by atoms with van der Waals surface area (Å²) in [7, 11) is 0. The second-order valence-electron chi connectivity index (χ2n) is 6.23. The highest BCUT2D eigenvalue weighted by Gasteiger charge is 2.29. The van der Waals surface area contributed by atoms with Gasteiger partial charge in [-0.1, -0.05) is 0 Å². The van der Waals surface area contributed by atoms with E-state index in [-0.39, 0.29) is 18.9 Å². The average molecular weight is 337 g/mol. The third-order valence-corrected chi connectivity index (χ3v) is 3.97. The number of furan rings is 1. The highest BCUT2D eigenvalue weighted by atomic mass is 16.3. The molecule has 1 aliphatic heterocycles. The molecule has 0 spiro atoms. The van der Waals surface area contributed by atoms with Crippen LogP contribution in [-0.4, -0.2) is 71.0 Å². The Hall–Kier alpha value is -2.35. The van der Waals surface area contributed by atoms with Crippen LogP contribution in [0.3, 0.4) is 0 Å². The van der Waals surface area contributed by atoms with Crippen molar-refractivity contribution in [1.82, 2.24) is 15.1 Å². The van der Waals surface area contributed by atoms with Gasteiger partial charge < -0.3 is 24.6 Å². The van der Waals surface area contributed by atoms with Gasteiger partial charge in [0.05, 0.1) is 11.9 Å². The third kappa shape index (κ3) is 4.82. The molecule has 2 N–H and O–H groups in total. The van der Waals surface area contributed by atoms with Crippen molar-refractivity contribution in [3.8, 4) is 0 Å². The van der Waals surface area contributed by atoms with Gasteiger partial charge in [0.2, 0.25) is 5.91 Å². The molecule has 1 fully saturated rings. The van der Waals surface area contributed by atoms with Gasteiger partial charge in [-0.2, -0.15) is 0 Å². The molecule has 0 aliphatic carbocycles. The monoisotopic (exact) mass is 337 g/mol. The number of amides is 3. The van der Waals surface area contributed by atoms with Gasteiger partial charge in [0.25, 0.3) is 0 Å². The molecule has 8 heteroatoms. The molecule has 1 saturated heterocycles. The average Bonchev–Trinajstić information content (AvgIpc) is 3.04. The van der Waals surface area contributed by atoms with Crippen LogP contribution in [0, 0.1) is 0 Å². The first-order valence-corrected chi connectivity index (χ1v) is 7.86. The van der Waals surface area contributed by atoms with Gasteiger partial charge in [-0.15, -0.1) is 0 Å². The van der Waals surface area contributed by atoms with Gasteiger partial charge in [-0.25, -0.2) is 0 Å². The Bertz CT molecular complexity index is 589. The van der Waals surface area contributed by atoms with E-state index in [4.69, 9.17) is 4.42 Å². The van der Waals surface area contributed by atoms with E-state index in [1.165, 1.54) is 18.1 Å². The molecular formula is C16H23N3O5. The Morgan fingerprint density at radius 2 is 1.88 bits per heavy atom. The first-order valence-electron chi connectivity index (χ1n) is 7.86. The maximum absolute atomic E-state index is 12.1. The maximum atomic E-state index is 12.1. The van der Waals surface area contributed by atoms with Crippen molar-refractivity contribution < 1.29 is 23.9 Å². The van der Waals surface area contributed by atoms with E-state index >= 15 is 0 Å². The van der Waals surface area contributed by atoms with Crippen molar-refractivity contribution in [1.29, 1.82) is 0 Å². The molecule has 0 saturated carbocycles. The van der Waals surface area contributed by atoms with E-state index in [2.05, 4.69) is 5.32 Å². The highest BCUT2D eigenvalue weighted by Crippen LogP contribution is 2.12. The van der Waals surface area contributed by atoms with Crippen LogP contribution in [0.4, 0.5) is 0 Å². The SMILES string of the molecule is CC(=O)N1CCN(C(=O)C(=O)NCC(C)(O)Cc2ccco2)CC1. The number of rotatable bonds is 4. The Morgan fingerprint density at radius 3 is 2.42 bits per heavy atom. The van der Waals surface area contributed by atoms with Crippen molar-refractivity contribution in [2.75, 3.05) is 32.7 Å². The minimum atomic E-state index is -1.22. The molecule has 2 rings (SSSR count). The fourth-order valence-corrected chi connectivity index (χ4v) is 2.57.